The number of carbonyl (C=O) groups is 1. The molecule has 1 aliphatic carbocycles. The van der Waals surface area contributed by atoms with Crippen LogP contribution in [0.5, 0.6) is 0 Å². The molecule has 14 heavy (non-hydrogen) atoms. The first-order chi connectivity index (χ1) is 6.63. The topological polar surface area (TPSA) is 34.1 Å². The molecule has 1 aliphatic rings. The third-order valence-corrected chi connectivity index (χ3v) is 2.90. The Kier molecular flexibility index (Phi) is 3.93. The molecule has 0 unspecified atom stereocenters. The minimum atomic E-state index is 0.0253. The Hall–Kier alpha value is -1.05. The highest BCUT2D eigenvalue weighted by atomic mass is 32.2. The third-order valence-electron chi connectivity index (χ3n) is 1.71. The molecular weight excluding hydrogens is 196 g/mol. The molecule has 0 aromatic heterocycles. The highest BCUT2D eigenvalue weighted by Gasteiger charge is 2.11. The molecule has 3 heteroatoms. The van der Waals surface area contributed by atoms with Crippen molar-refractivity contribution >= 4 is 22.8 Å². The van der Waals surface area contributed by atoms with Crippen molar-refractivity contribution in [1.82, 2.24) is 0 Å². The minimum Gasteiger partial charge on any atom is -0.287 e. The maximum Gasteiger partial charge on any atom is 0.196 e. The molecule has 0 aromatic carbocycles. The molecule has 1 radical (unpaired) electrons. The predicted molar refractivity (Wildman–Crippen MR) is 57.2 cm³/mol. The maximum atomic E-state index is 11.4. The molecule has 0 saturated heterocycles. The zero-order chi connectivity index (χ0) is 10.6. The minimum absolute atomic E-state index is 0.0253. The van der Waals surface area contributed by atoms with E-state index in [0.29, 0.717) is 12.0 Å². The van der Waals surface area contributed by atoms with Crippen LogP contribution in [0.3, 0.4) is 0 Å². The van der Waals surface area contributed by atoms with E-state index in [1.807, 2.05) is 19.9 Å². The van der Waals surface area contributed by atoms with Crippen molar-refractivity contribution in [2.45, 2.75) is 20.3 Å². The molecule has 73 valence electrons. The molecule has 0 heterocycles. The zero-order valence-corrected chi connectivity index (χ0v) is 8.98. The largest absolute Gasteiger partial charge is 0.287 e. The summed E-state index contributed by atoms with van der Waals surface area (Å²) < 4.78 is 0. The average Bonchev–Trinajstić information content (AvgIpc) is 2.19. The van der Waals surface area contributed by atoms with Gasteiger partial charge in [-0.3, -0.25) is 4.79 Å². The van der Waals surface area contributed by atoms with Crippen LogP contribution in [0.1, 0.15) is 20.3 Å². The molecule has 1 rings (SSSR count). The van der Waals surface area contributed by atoms with Crippen LogP contribution < -0.4 is 0 Å². The summed E-state index contributed by atoms with van der Waals surface area (Å²) in [5, 5.41) is 0.132. The maximum absolute atomic E-state index is 11.4. The van der Waals surface area contributed by atoms with E-state index < -0.39 is 0 Å². The van der Waals surface area contributed by atoms with E-state index >= 15 is 0 Å². The lowest BCUT2D eigenvalue weighted by atomic mass is 10.1. The molecule has 2 nitrogen and oxygen atoms in total. The van der Waals surface area contributed by atoms with Gasteiger partial charge in [0.15, 0.2) is 5.12 Å². The van der Waals surface area contributed by atoms with Gasteiger partial charge in [-0.05, 0) is 12.2 Å². The van der Waals surface area contributed by atoms with Gasteiger partial charge in [0.1, 0.15) is 5.94 Å². The van der Waals surface area contributed by atoms with Gasteiger partial charge in [-0.2, -0.15) is 0 Å². The molecule has 0 spiro atoms. The summed E-state index contributed by atoms with van der Waals surface area (Å²) in [7, 11) is 0. The van der Waals surface area contributed by atoms with Gasteiger partial charge in [-0.15, -0.1) is 0 Å². The quantitative estimate of drug-likeness (QED) is 0.652. The van der Waals surface area contributed by atoms with E-state index in [4.69, 9.17) is 0 Å². The van der Waals surface area contributed by atoms with Crippen molar-refractivity contribution in [3.63, 3.8) is 0 Å². The van der Waals surface area contributed by atoms with Crippen LogP contribution in [-0.2, 0) is 9.59 Å². The Morgan fingerprint density at radius 2 is 2.36 bits per heavy atom. The smallest absolute Gasteiger partial charge is 0.196 e. The van der Waals surface area contributed by atoms with Gasteiger partial charge in [-0.25, -0.2) is 4.79 Å². The monoisotopic (exact) mass is 207 g/mol. The summed E-state index contributed by atoms with van der Waals surface area (Å²) in [4.78, 5) is 22.5. The number of carbonyl (C=O) groups excluding carboxylic acids is 2. The number of rotatable bonds is 2. The standard InChI is InChI=1S/C11H11O2S/c1-8(2)11(13)14-10-5-3-9(7-12)4-6-10/h5-6,8H,3H2,1-2H3. The Labute approximate surface area is 87.8 Å². The van der Waals surface area contributed by atoms with Gasteiger partial charge in [-0.1, -0.05) is 31.7 Å². The summed E-state index contributed by atoms with van der Waals surface area (Å²) in [5.74, 6) is 1.81. The van der Waals surface area contributed by atoms with Crippen molar-refractivity contribution in [2.24, 2.45) is 5.92 Å². The lowest BCUT2D eigenvalue weighted by molar-refractivity contribution is -0.113. The van der Waals surface area contributed by atoms with Crippen LogP contribution in [0.4, 0.5) is 0 Å². The second-order valence-electron chi connectivity index (χ2n) is 3.26. The Bertz CT molecular complexity index is 344. The molecule has 0 N–H and O–H groups in total. The van der Waals surface area contributed by atoms with Gasteiger partial charge >= 0.3 is 0 Å². The summed E-state index contributed by atoms with van der Waals surface area (Å²) in [6, 6.07) is 0. The van der Waals surface area contributed by atoms with Crippen molar-refractivity contribution in [3.8, 4) is 0 Å². The van der Waals surface area contributed by atoms with Crippen LogP contribution in [-0.4, -0.2) is 11.1 Å². The number of allylic oxidation sites excluding steroid dienone is 4. The van der Waals surface area contributed by atoms with E-state index in [-0.39, 0.29) is 11.0 Å². The molecule has 0 bridgehead atoms. The Morgan fingerprint density at radius 3 is 2.79 bits per heavy atom. The normalized spacial score (nSPS) is 15.4. The molecular formula is C11H11O2S. The van der Waals surface area contributed by atoms with Crippen molar-refractivity contribution in [3.05, 3.63) is 28.7 Å². The highest BCUT2D eigenvalue weighted by molar-refractivity contribution is 8.17. The number of hydrogen-bond acceptors (Lipinski definition) is 3. The van der Waals surface area contributed by atoms with E-state index in [2.05, 4.69) is 6.08 Å². The zero-order valence-electron chi connectivity index (χ0n) is 8.16. The molecule has 0 atom stereocenters. The van der Waals surface area contributed by atoms with Crippen LogP contribution in [0.25, 0.3) is 0 Å². The summed E-state index contributed by atoms with van der Waals surface area (Å²) >= 11 is 1.20. The van der Waals surface area contributed by atoms with Gasteiger partial charge in [0.25, 0.3) is 0 Å². The van der Waals surface area contributed by atoms with Crippen LogP contribution >= 0.6 is 11.8 Å². The van der Waals surface area contributed by atoms with Crippen LogP contribution in [0.2, 0.25) is 0 Å². The van der Waals surface area contributed by atoms with Gasteiger partial charge < -0.3 is 0 Å². The summed E-state index contributed by atoms with van der Waals surface area (Å²) in [6.07, 6.45) is 6.82. The fourth-order valence-electron chi connectivity index (χ4n) is 0.855. The van der Waals surface area contributed by atoms with E-state index in [1.165, 1.54) is 11.8 Å². The predicted octanol–water partition coefficient (Wildman–Crippen LogP) is 2.31. The fourth-order valence-corrected chi connectivity index (χ4v) is 1.61. The summed E-state index contributed by atoms with van der Waals surface area (Å²) in [6.45, 7) is 3.73. The molecule has 0 aromatic rings. The molecule has 0 fully saturated rings. The highest BCUT2D eigenvalue weighted by Crippen LogP contribution is 2.26. The molecule has 0 amide bonds. The van der Waals surface area contributed by atoms with Crippen LogP contribution in [0, 0.1) is 12.0 Å². The van der Waals surface area contributed by atoms with E-state index in [1.54, 1.807) is 12.0 Å². The van der Waals surface area contributed by atoms with E-state index in [9.17, 15) is 9.59 Å². The van der Waals surface area contributed by atoms with Crippen molar-refractivity contribution in [1.29, 1.82) is 0 Å². The molecule has 0 saturated carbocycles. The lowest BCUT2D eigenvalue weighted by Gasteiger charge is -2.07. The summed E-state index contributed by atoms with van der Waals surface area (Å²) in [5.41, 5.74) is 0.506. The SMILES string of the molecule is CC(C)C(=O)SC1=CCC(=C=O)[C]=C1. The second kappa shape index (κ2) is 4.99. The fraction of sp³-hybridized carbons (Fsp3) is 0.364. The third kappa shape index (κ3) is 3.02. The lowest BCUT2D eigenvalue weighted by Crippen LogP contribution is -2.01. The van der Waals surface area contributed by atoms with Gasteiger partial charge in [0, 0.05) is 22.8 Å². The first kappa shape index (κ1) is 11.0. The first-order valence-electron chi connectivity index (χ1n) is 4.39. The molecule has 0 aliphatic heterocycles. The van der Waals surface area contributed by atoms with Gasteiger partial charge in [0.2, 0.25) is 0 Å². The van der Waals surface area contributed by atoms with E-state index in [0.717, 1.165) is 4.91 Å². The second-order valence-corrected chi connectivity index (χ2v) is 4.33. The van der Waals surface area contributed by atoms with Gasteiger partial charge in [0.05, 0.1) is 0 Å². The Balaban J connectivity index is 2.58. The van der Waals surface area contributed by atoms with Crippen molar-refractivity contribution in [2.75, 3.05) is 0 Å². The first-order valence-corrected chi connectivity index (χ1v) is 5.20. The Morgan fingerprint density at radius 1 is 1.64 bits per heavy atom. The van der Waals surface area contributed by atoms with Crippen LogP contribution in [0.15, 0.2) is 22.6 Å². The average molecular weight is 207 g/mol. The number of hydrogen-bond donors (Lipinski definition) is 0. The van der Waals surface area contributed by atoms with Crippen molar-refractivity contribution < 1.29 is 9.59 Å². The number of thioether (sulfide) groups is 1.